The summed E-state index contributed by atoms with van der Waals surface area (Å²) in [6.45, 7) is 3.98. The molecule has 7 heteroatoms. The standard InChI is InChI=1S/C16H26N2O3S.ClH/c1-3-10-16(2,17)15(19)18-11-7-12-22(20,21)13-14-8-5-4-6-9-14;/h4-6,8-9H,3,7,10-13,17H2,1-2H3,(H,18,19);1H. The van der Waals surface area contributed by atoms with E-state index in [4.69, 9.17) is 5.73 Å². The molecule has 1 atom stereocenters. The third-order valence-electron chi connectivity index (χ3n) is 3.44. The molecule has 3 N–H and O–H groups in total. The van der Waals surface area contributed by atoms with Gasteiger partial charge in [0, 0.05) is 6.54 Å². The van der Waals surface area contributed by atoms with Crippen molar-refractivity contribution in [2.75, 3.05) is 12.3 Å². The Kier molecular flexibility index (Phi) is 9.42. The van der Waals surface area contributed by atoms with Crippen LogP contribution in [-0.4, -0.2) is 32.2 Å². The lowest BCUT2D eigenvalue weighted by Crippen LogP contribution is -2.51. The Balaban J connectivity index is 0.00000484. The summed E-state index contributed by atoms with van der Waals surface area (Å²) in [7, 11) is -3.16. The Morgan fingerprint density at radius 3 is 2.43 bits per heavy atom. The van der Waals surface area contributed by atoms with Crippen LogP contribution in [0.15, 0.2) is 30.3 Å². The highest BCUT2D eigenvalue weighted by molar-refractivity contribution is 7.90. The first kappa shape index (κ1) is 21.9. The van der Waals surface area contributed by atoms with Gasteiger partial charge in [0.25, 0.3) is 0 Å². The Morgan fingerprint density at radius 1 is 1.26 bits per heavy atom. The van der Waals surface area contributed by atoms with Crippen molar-refractivity contribution < 1.29 is 13.2 Å². The van der Waals surface area contributed by atoms with Gasteiger partial charge in [-0.05, 0) is 25.3 Å². The van der Waals surface area contributed by atoms with Crippen molar-refractivity contribution in [1.82, 2.24) is 5.32 Å². The molecule has 0 saturated carbocycles. The number of hydrogen-bond donors (Lipinski definition) is 2. The minimum atomic E-state index is -3.16. The second-order valence-corrected chi connectivity index (χ2v) is 8.04. The first-order valence-corrected chi connectivity index (χ1v) is 9.40. The monoisotopic (exact) mass is 362 g/mol. The first-order valence-electron chi connectivity index (χ1n) is 7.58. The zero-order valence-corrected chi connectivity index (χ0v) is 15.4. The molecule has 0 aromatic heterocycles. The second kappa shape index (κ2) is 9.90. The maximum Gasteiger partial charge on any atom is 0.239 e. The van der Waals surface area contributed by atoms with Gasteiger partial charge in [0.15, 0.2) is 9.84 Å². The quantitative estimate of drug-likeness (QED) is 0.658. The molecule has 0 saturated heterocycles. The van der Waals surface area contributed by atoms with E-state index in [0.29, 0.717) is 19.4 Å². The van der Waals surface area contributed by atoms with E-state index < -0.39 is 15.4 Å². The van der Waals surface area contributed by atoms with Crippen molar-refractivity contribution in [3.63, 3.8) is 0 Å². The average molecular weight is 363 g/mol. The fourth-order valence-electron chi connectivity index (χ4n) is 2.23. The first-order chi connectivity index (χ1) is 10.3. The molecular weight excluding hydrogens is 336 g/mol. The SMILES string of the molecule is CCCC(C)(N)C(=O)NCCCS(=O)(=O)Cc1ccccc1.Cl. The number of sulfone groups is 1. The molecule has 1 aromatic rings. The predicted molar refractivity (Wildman–Crippen MR) is 96.3 cm³/mol. The average Bonchev–Trinajstić information content (AvgIpc) is 2.44. The summed E-state index contributed by atoms with van der Waals surface area (Å²) in [6, 6.07) is 9.08. The third kappa shape index (κ3) is 8.34. The van der Waals surface area contributed by atoms with Crippen LogP contribution in [0.3, 0.4) is 0 Å². The Labute approximate surface area is 145 Å². The van der Waals surface area contributed by atoms with Gasteiger partial charge < -0.3 is 11.1 Å². The van der Waals surface area contributed by atoms with E-state index in [2.05, 4.69) is 5.32 Å². The lowest BCUT2D eigenvalue weighted by molar-refractivity contribution is -0.126. The van der Waals surface area contributed by atoms with Gasteiger partial charge in [0.1, 0.15) is 0 Å². The number of carbonyl (C=O) groups is 1. The number of nitrogens with one attached hydrogen (secondary N) is 1. The van der Waals surface area contributed by atoms with Crippen molar-refractivity contribution >= 4 is 28.2 Å². The van der Waals surface area contributed by atoms with Crippen molar-refractivity contribution in [2.24, 2.45) is 5.73 Å². The number of benzene rings is 1. The highest BCUT2D eigenvalue weighted by Crippen LogP contribution is 2.09. The van der Waals surface area contributed by atoms with Crippen LogP contribution in [0.25, 0.3) is 0 Å². The molecule has 5 nitrogen and oxygen atoms in total. The normalized spacial score (nSPS) is 13.7. The number of halogens is 1. The van der Waals surface area contributed by atoms with Crippen molar-refractivity contribution in [2.45, 2.75) is 44.4 Å². The van der Waals surface area contributed by atoms with Crippen LogP contribution in [0.4, 0.5) is 0 Å². The summed E-state index contributed by atoms with van der Waals surface area (Å²) in [4.78, 5) is 11.9. The number of nitrogens with two attached hydrogens (primary N) is 1. The zero-order valence-electron chi connectivity index (χ0n) is 13.7. The molecule has 1 unspecified atom stereocenters. The minimum absolute atomic E-state index is 0. The van der Waals surface area contributed by atoms with E-state index in [0.717, 1.165) is 12.0 Å². The molecule has 0 heterocycles. The summed E-state index contributed by atoms with van der Waals surface area (Å²) >= 11 is 0. The van der Waals surface area contributed by atoms with Crippen molar-refractivity contribution in [3.8, 4) is 0 Å². The molecule has 23 heavy (non-hydrogen) atoms. The Hall–Kier alpha value is -1.11. The molecule has 0 radical (unpaired) electrons. The predicted octanol–water partition coefficient (Wildman–Crippen LogP) is 2.05. The van der Waals surface area contributed by atoms with E-state index in [1.54, 1.807) is 19.1 Å². The number of carbonyl (C=O) groups excluding carboxylic acids is 1. The lowest BCUT2D eigenvalue weighted by Gasteiger charge is -2.22. The molecule has 1 amide bonds. The van der Waals surface area contributed by atoms with Gasteiger partial charge in [-0.25, -0.2) is 8.42 Å². The fourth-order valence-corrected chi connectivity index (χ4v) is 3.66. The molecule has 0 aliphatic rings. The fraction of sp³-hybridized carbons (Fsp3) is 0.562. The van der Waals surface area contributed by atoms with Gasteiger partial charge in [-0.3, -0.25) is 4.79 Å². The Morgan fingerprint density at radius 2 is 1.87 bits per heavy atom. The topological polar surface area (TPSA) is 89.3 Å². The maximum absolute atomic E-state index is 12.0. The van der Waals surface area contributed by atoms with Gasteiger partial charge >= 0.3 is 0 Å². The smallest absolute Gasteiger partial charge is 0.239 e. The van der Waals surface area contributed by atoms with E-state index in [1.165, 1.54) is 0 Å². The molecule has 132 valence electrons. The van der Waals surface area contributed by atoms with Crippen LogP contribution in [0, 0.1) is 0 Å². The van der Waals surface area contributed by atoms with Gasteiger partial charge in [0.05, 0.1) is 17.0 Å². The van der Waals surface area contributed by atoms with Gasteiger partial charge in [-0.15, -0.1) is 12.4 Å². The van der Waals surface area contributed by atoms with Crippen molar-refractivity contribution in [1.29, 1.82) is 0 Å². The molecule has 0 aliphatic heterocycles. The third-order valence-corrected chi connectivity index (χ3v) is 5.12. The van der Waals surface area contributed by atoms with Gasteiger partial charge in [0.2, 0.25) is 5.91 Å². The lowest BCUT2D eigenvalue weighted by atomic mass is 9.96. The van der Waals surface area contributed by atoms with Crippen molar-refractivity contribution in [3.05, 3.63) is 35.9 Å². The highest BCUT2D eigenvalue weighted by Gasteiger charge is 2.26. The van der Waals surface area contributed by atoms with Crippen LogP contribution >= 0.6 is 12.4 Å². The molecule has 0 fully saturated rings. The van der Waals surface area contributed by atoms with E-state index in [1.807, 2.05) is 25.1 Å². The van der Waals surface area contributed by atoms with Crippen LogP contribution in [-0.2, 0) is 20.4 Å². The summed E-state index contributed by atoms with van der Waals surface area (Å²) in [5.41, 5.74) is 5.80. The van der Waals surface area contributed by atoms with Gasteiger partial charge in [-0.2, -0.15) is 0 Å². The van der Waals surface area contributed by atoms with Crippen LogP contribution in [0.2, 0.25) is 0 Å². The van der Waals surface area contributed by atoms with Crippen LogP contribution in [0.1, 0.15) is 38.7 Å². The number of rotatable bonds is 9. The summed E-state index contributed by atoms with van der Waals surface area (Å²) < 4.78 is 24.0. The highest BCUT2D eigenvalue weighted by atomic mass is 35.5. The van der Waals surface area contributed by atoms with Gasteiger partial charge in [-0.1, -0.05) is 43.7 Å². The summed E-state index contributed by atoms with van der Waals surface area (Å²) in [6.07, 6.45) is 1.82. The number of hydrogen-bond acceptors (Lipinski definition) is 4. The molecule has 0 spiro atoms. The summed E-state index contributed by atoms with van der Waals surface area (Å²) in [5.74, 6) is -0.140. The minimum Gasteiger partial charge on any atom is -0.354 e. The second-order valence-electron chi connectivity index (χ2n) is 5.85. The number of amides is 1. The molecule has 0 aliphatic carbocycles. The van der Waals surface area contributed by atoms with E-state index >= 15 is 0 Å². The van der Waals surface area contributed by atoms with Crippen LogP contribution < -0.4 is 11.1 Å². The molecule has 1 rings (SSSR count). The molecular formula is C16H27ClN2O3S. The summed E-state index contributed by atoms with van der Waals surface area (Å²) in [5, 5.41) is 2.72. The molecule has 0 bridgehead atoms. The van der Waals surface area contributed by atoms with E-state index in [-0.39, 0.29) is 29.8 Å². The largest absolute Gasteiger partial charge is 0.354 e. The maximum atomic E-state index is 12.0. The van der Waals surface area contributed by atoms with Crippen LogP contribution in [0.5, 0.6) is 0 Å². The van der Waals surface area contributed by atoms with E-state index in [9.17, 15) is 13.2 Å². The zero-order chi connectivity index (χ0) is 16.6. The Bertz CT molecular complexity index is 574. The molecule has 1 aromatic carbocycles.